The summed E-state index contributed by atoms with van der Waals surface area (Å²) in [6, 6.07) is -26.4. The van der Waals surface area contributed by atoms with Crippen LogP contribution in [-0.2, 0) is 0 Å². The first kappa shape index (κ1) is 10.7. The van der Waals surface area contributed by atoms with Crippen molar-refractivity contribution in [3.05, 3.63) is 169 Å². The summed E-state index contributed by atoms with van der Waals surface area (Å²) in [4.78, 5) is 0. The van der Waals surface area contributed by atoms with Gasteiger partial charge in [0, 0.05) is 10.8 Å². The summed E-state index contributed by atoms with van der Waals surface area (Å²) in [6.07, 6.45) is 0. The molecule has 0 saturated heterocycles. The number of furan rings is 1. The van der Waals surface area contributed by atoms with Crippen LogP contribution in [0.1, 0.15) is 38.4 Å². The van der Waals surface area contributed by atoms with Crippen LogP contribution in [0, 0.1) is 0 Å². The molecule has 1 aromatic heterocycles. The molecule has 1 heteroatoms. The summed E-state index contributed by atoms with van der Waals surface area (Å²) in [5, 5.41) is -6.69. The molecule has 1 nitrogen and oxygen atoms in total. The van der Waals surface area contributed by atoms with Crippen molar-refractivity contribution in [2.24, 2.45) is 0 Å². The largest absolute Gasteiger partial charge is 0.456 e. The third-order valence-electron chi connectivity index (χ3n) is 7.76. The molecule has 0 aliphatic heterocycles. The molecule has 9 aromatic carbocycles. The Balaban J connectivity index is 1.58. The van der Waals surface area contributed by atoms with Gasteiger partial charge >= 0.3 is 0 Å². The van der Waals surface area contributed by atoms with E-state index in [1.54, 1.807) is 0 Å². The standard InChI is InChI=1S/C46H28O/c1-2-13-29(14-3-1)40-27-33(25-32-17-6-7-18-34(32)40)44-35-19-8-10-21-37(35)45(38-22-11-9-20-36(38)44)39-23-12-24-42-46(39)41-26-30-15-4-5-16-31(30)28-43(41)47-42/h1-28H/i1D,2D,3D,4D,5D,6D,7D,8D,9D,10D,11D,12D,13D,14D,15D,16D,17D,18D,19D,20D,21D,22D,23D,24D,25D,26D,27D,28D. The number of hydrogen-bond donors (Lipinski definition) is 0. The monoisotopic (exact) mass is 624 g/mol. The van der Waals surface area contributed by atoms with Crippen molar-refractivity contribution in [2.75, 3.05) is 0 Å². The summed E-state index contributed by atoms with van der Waals surface area (Å²) >= 11 is 0. The summed E-state index contributed by atoms with van der Waals surface area (Å²) in [5.74, 6) is 0. The minimum atomic E-state index is -1.08. The summed E-state index contributed by atoms with van der Waals surface area (Å²) < 4.78 is 259. The highest BCUT2D eigenvalue weighted by molar-refractivity contribution is 6.26. The van der Waals surface area contributed by atoms with E-state index in [2.05, 4.69) is 0 Å². The van der Waals surface area contributed by atoms with Crippen LogP contribution < -0.4 is 0 Å². The van der Waals surface area contributed by atoms with Gasteiger partial charge in [0.05, 0.1) is 38.4 Å². The zero-order valence-corrected chi connectivity index (χ0v) is 23.4. The molecule has 47 heavy (non-hydrogen) atoms. The Morgan fingerprint density at radius 3 is 1.62 bits per heavy atom. The second kappa shape index (κ2) is 10.2. The Hall–Kier alpha value is -6.18. The maximum absolute atomic E-state index is 9.99. The van der Waals surface area contributed by atoms with Crippen LogP contribution in [0.15, 0.2) is 174 Å². The van der Waals surface area contributed by atoms with Crippen LogP contribution in [0.5, 0.6) is 0 Å². The molecule has 0 unspecified atom stereocenters. The molecule has 0 atom stereocenters. The quantitative estimate of drug-likeness (QED) is 0.178. The van der Waals surface area contributed by atoms with Gasteiger partial charge in [-0.05, 0) is 107 Å². The average Bonchev–Trinajstić information content (AvgIpc) is 3.79. The Morgan fingerprint density at radius 1 is 0.340 bits per heavy atom. The van der Waals surface area contributed by atoms with Crippen LogP contribution in [0.2, 0.25) is 0 Å². The number of rotatable bonds is 3. The van der Waals surface area contributed by atoms with E-state index in [0.29, 0.717) is 0 Å². The van der Waals surface area contributed by atoms with Gasteiger partial charge in [-0.3, -0.25) is 0 Å². The average molecular weight is 625 g/mol. The van der Waals surface area contributed by atoms with E-state index in [4.69, 9.17) is 30.5 Å². The first-order valence-electron chi connectivity index (χ1n) is 27.9. The fourth-order valence-corrected chi connectivity index (χ4v) is 5.85. The minimum absolute atomic E-state index is 0.494. The van der Waals surface area contributed by atoms with E-state index in [9.17, 15) is 12.3 Å². The van der Waals surface area contributed by atoms with Crippen molar-refractivity contribution in [3.63, 3.8) is 0 Å². The Bertz CT molecular complexity index is 4330. The van der Waals surface area contributed by atoms with Gasteiger partial charge in [0.15, 0.2) is 0 Å². The minimum Gasteiger partial charge on any atom is -0.456 e. The van der Waals surface area contributed by atoms with E-state index in [1.807, 2.05) is 0 Å². The van der Waals surface area contributed by atoms with Crippen molar-refractivity contribution in [2.45, 2.75) is 0 Å². The molecule has 10 rings (SSSR count). The lowest BCUT2D eigenvalue weighted by Gasteiger charge is -2.19. The molecule has 0 saturated carbocycles. The molecule has 0 N–H and O–H groups in total. The molecular weight excluding hydrogens is 569 g/mol. The lowest BCUT2D eigenvalue weighted by molar-refractivity contribution is 0.669. The van der Waals surface area contributed by atoms with E-state index >= 15 is 0 Å². The fourth-order valence-electron chi connectivity index (χ4n) is 5.85. The van der Waals surface area contributed by atoms with Gasteiger partial charge in [0.25, 0.3) is 0 Å². The highest BCUT2D eigenvalue weighted by atomic mass is 16.3. The van der Waals surface area contributed by atoms with Gasteiger partial charge in [-0.2, -0.15) is 0 Å². The summed E-state index contributed by atoms with van der Waals surface area (Å²) in [5.41, 5.74) is -6.04. The Morgan fingerprint density at radius 2 is 0.915 bits per heavy atom. The summed E-state index contributed by atoms with van der Waals surface area (Å²) in [7, 11) is 0. The van der Waals surface area contributed by atoms with E-state index in [-0.39, 0.29) is 0 Å². The van der Waals surface area contributed by atoms with E-state index < -0.39 is 268 Å². The van der Waals surface area contributed by atoms with Gasteiger partial charge in [-0.1, -0.05) is 139 Å². The molecule has 0 spiro atoms. The lowest BCUT2D eigenvalue weighted by atomic mass is 9.83. The third-order valence-corrected chi connectivity index (χ3v) is 7.76. The smallest absolute Gasteiger partial charge is 0.136 e. The fraction of sp³-hybridized carbons (Fsp3) is 0. The first-order chi connectivity index (χ1) is 35.0. The molecule has 0 aliphatic rings. The van der Waals surface area contributed by atoms with Crippen molar-refractivity contribution in [1.29, 1.82) is 0 Å². The van der Waals surface area contributed by atoms with Crippen molar-refractivity contribution in [1.82, 2.24) is 0 Å². The second-order valence-electron chi connectivity index (χ2n) is 10.3. The van der Waals surface area contributed by atoms with E-state index in [1.165, 1.54) is 0 Å². The molecule has 0 fully saturated rings. The summed E-state index contributed by atoms with van der Waals surface area (Å²) in [6.45, 7) is 0. The Labute approximate surface area is 311 Å². The van der Waals surface area contributed by atoms with Gasteiger partial charge in [-0.25, -0.2) is 0 Å². The van der Waals surface area contributed by atoms with Gasteiger partial charge in [-0.15, -0.1) is 0 Å². The zero-order chi connectivity index (χ0) is 55.3. The predicted octanol–water partition coefficient (Wildman–Crippen LogP) is 13.2. The van der Waals surface area contributed by atoms with Crippen LogP contribution in [0.25, 0.3) is 98.4 Å². The van der Waals surface area contributed by atoms with Gasteiger partial charge < -0.3 is 4.42 Å². The second-order valence-corrected chi connectivity index (χ2v) is 10.3. The zero-order valence-electron chi connectivity index (χ0n) is 51.4. The SMILES string of the molecule is [2H]c1c([2H])c([2H])c(-c2c([2H])c(-c3c4c([2H])c([2H])c([2H])c([2H])c4c(-c4c([2H])c([2H])c([2H])c5oc6c([2H])c7c([2H])c([2H])c([2H])c([2H])c7c([2H])c6c45)c4c([2H])c([2H])c([2H])c([2H])c34)c([2H])c3c([2H])c([2H])c([2H])c([2H])c23)c([2H])c1[2H]. The van der Waals surface area contributed by atoms with Crippen molar-refractivity contribution >= 4 is 65.0 Å². The molecule has 10 aromatic rings. The maximum atomic E-state index is 9.99. The van der Waals surface area contributed by atoms with Gasteiger partial charge in [0.2, 0.25) is 0 Å². The molecule has 0 aliphatic carbocycles. The van der Waals surface area contributed by atoms with Crippen LogP contribution >= 0.6 is 0 Å². The molecule has 218 valence electrons. The van der Waals surface area contributed by atoms with Crippen LogP contribution in [0.3, 0.4) is 0 Å². The van der Waals surface area contributed by atoms with Gasteiger partial charge in [0.1, 0.15) is 11.2 Å². The third kappa shape index (κ3) is 3.97. The highest BCUT2D eigenvalue weighted by Crippen LogP contribution is 2.48. The van der Waals surface area contributed by atoms with E-state index in [0.717, 1.165) is 0 Å². The molecule has 0 amide bonds. The molecular formula is C46H28O. The van der Waals surface area contributed by atoms with Crippen LogP contribution in [0.4, 0.5) is 0 Å². The first-order valence-corrected chi connectivity index (χ1v) is 13.9. The number of benzene rings is 9. The lowest BCUT2D eigenvalue weighted by Crippen LogP contribution is -1.92. The van der Waals surface area contributed by atoms with Crippen molar-refractivity contribution < 1.29 is 42.8 Å². The topological polar surface area (TPSA) is 13.1 Å². The number of fused-ring (bicyclic) bond motifs is 7. The molecule has 0 radical (unpaired) electrons. The van der Waals surface area contributed by atoms with Crippen molar-refractivity contribution in [3.8, 4) is 33.4 Å². The normalized spacial score (nSPS) is 20.2. The maximum Gasteiger partial charge on any atom is 0.136 e. The highest BCUT2D eigenvalue weighted by Gasteiger charge is 2.21. The Kier molecular flexibility index (Phi) is 2.31. The molecule has 1 heterocycles. The van der Waals surface area contributed by atoms with Crippen LogP contribution in [-0.4, -0.2) is 0 Å². The predicted molar refractivity (Wildman–Crippen MR) is 200 cm³/mol. The molecule has 0 bridgehead atoms. The number of hydrogen-bond acceptors (Lipinski definition) is 1.